The highest BCUT2D eigenvalue weighted by Gasteiger charge is 2.27. The molecule has 0 unspecified atom stereocenters. The first-order valence-electron chi connectivity index (χ1n) is 5.68. The number of hydrogen-bond donors (Lipinski definition) is 1. The maximum absolute atomic E-state index is 4.19. The van der Waals surface area contributed by atoms with Crippen LogP contribution in [0.4, 0.5) is 0 Å². The van der Waals surface area contributed by atoms with E-state index < -0.39 is 0 Å². The van der Waals surface area contributed by atoms with Crippen molar-refractivity contribution in [3.63, 3.8) is 0 Å². The van der Waals surface area contributed by atoms with Crippen molar-refractivity contribution in [2.24, 2.45) is 0 Å². The molecule has 2 rings (SSSR count). The van der Waals surface area contributed by atoms with Crippen LogP contribution in [-0.2, 0) is 10.8 Å². The highest BCUT2D eigenvalue weighted by Crippen LogP contribution is 2.42. The fraction of sp³-hybridized carbons (Fsp3) is 0.615. The van der Waals surface area contributed by atoms with Crippen molar-refractivity contribution in [2.45, 2.75) is 52.4 Å². The number of nitrogens with one attached hydrogen (secondary N) is 1. The fourth-order valence-electron chi connectivity index (χ4n) is 1.92. The number of thiophene rings is 1. The number of nitrogens with zero attached hydrogens (tertiary/aromatic N) is 1. The molecule has 0 atom stereocenters. The molecule has 0 spiro atoms. The van der Waals surface area contributed by atoms with Crippen LogP contribution in [0.25, 0.3) is 10.9 Å². The number of aromatic nitrogens is 2. The summed E-state index contributed by atoms with van der Waals surface area (Å²) in [6.45, 7) is 13.6. The van der Waals surface area contributed by atoms with Crippen LogP contribution in [0.3, 0.4) is 0 Å². The van der Waals surface area contributed by atoms with Crippen molar-refractivity contribution in [3.05, 3.63) is 16.0 Å². The van der Waals surface area contributed by atoms with Crippen molar-refractivity contribution in [2.75, 3.05) is 0 Å². The fourth-order valence-corrected chi connectivity index (χ4v) is 3.26. The van der Waals surface area contributed by atoms with Crippen molar-refractivity contribution < 1.29 is 0 Å². The first kappa shape index (κ1) is 11.6. The first-order valence-corrected chi connectivity index (χ1v) is 6.50. The lowest BCUT2D eigenvalue weighted by Gasteiger charge is -2.18. The Morgan fingerprint density at radius 3 is 2.06 bits per heavy atom. The van der Waals surface area contributed by atoms with Crippen LogP contribution in [0.1, 0.15) is 51.3 Å². The molecule has 2 aromatic heterocycles. The second kappa shape index (κ2) is 3.33. The van der Waals surface area contributed by atoms with E-state index >= 15 is 0 Å². The van der Waals surface area contributed by atoms with E-state index in [1.807, 2.05) is 17.5 Å². The van der Waals surface area contributed by atoms with Gasteiger partial charge in [-0.25, -0.2) is 0 Å². The Kier molecular flexibility index (Phi) is 2.42. The van der Waals surface area contributed by atoms with E-state index in [1.165, 1.54) is 20.7 Å². The number of aromatic amines is 1. The van der Waals surface area contributed by atoms with Crippen LogP contribution in [0.5, 0.6) is 0 Å². The molecule has 2 nitrogen and oxygen atoms in total. The third-order valence-corrected chi connectivity index (χ3v) is 4.73. The van der Waals surface area contributed by atoms with E-state index in [9.17, 15) is 0 Å². The van der Waals surface area contributed by atoms with Gasteiger partial charge < -0.3 is 0 Å². The average Bonchev–Trinajstić information content (AvgIpc) is 2.54. The van der Waals surface area contributed by atoms with Gasteiger partial charge in [-0.05, 0) is 10.8 Å². The number of H-pyrrole nitrogens is 1. The first-order chi connectivity index (χ1) is 7.21. The van der Waals surface area contributed by atoms with Gasteiger partial charge in [0.15, 0.2) is 0 Å². The largest absolute Gasteiger partial charge is 0.277 e. The van der Waals surface area contributed by atoms with E-state index in [0.717, 1.165) is 0 Å². The predicted molar refractivity (Wildman–Crippen MR) is 71.4 cm³/mol. The van der Waals surface area contributed by atoms with Crippen LogP contribution >= 0.6 is 11.3 Å². The normalized spacial score (nSPS) is 13.6. The molecule has 2 heterocycles. The summed E-state index contributed by atoms with van der Waals surface area (Å²) >= 11 is 1.92. The molecule has 2 aromatic rings. The zero-order chi connectivity index (χ0) is 12.1. The van der Waals surface area contributed by atoms with Crippen LogP contribution in [0.2, 0.25) is 0 Å². The quantitative estimate of drug-likeness (QED) is 0.729. The predicted octanol–water partition coefficient (Wildman–Crippen LogP) is 4.22. The van der Waals surface area contributed by atoms with Crippen molar-refractivity contribution >= 4 is 22.2 Å². The van der Waals surface area contributed by atoms with E-state index in [4.69, 9.17) is 0 Å². The Bertz CT molecular complexity index is 462. The molecule has 0 aliphatic heterocycles. The summed E-state index contributed by atoms with van der Waals surface area (Å²) in [7, 11) is 0. The molecule has 0 aliphatic carbocycles. The van der Waals surface area contributed by atoms with Crippen LogP contribution in [0, 0.1) is 0 Å². The standard InChI is InChI=1S/C13H20N2S/c1-12(2,3)10-8-7-14-15-9(8)11(16-10)13(4,5)6/h7,15H,1-6H3. The highest BCUT2D eigenvalue weighted by atomic mass is 32.1. The van der Waals surface area contributed by atoms with E-state index in [2.05, 4.69) is 51.7 Å². The van der Waals surface area contributed by atoms with Crippen molar-refractivity contribution in [3.8, 4) is 0 Å². The molecule has 0 radical (unpaired) electrons. The third-order valence-electron chi connectivity index (χ3n) is 2.68. The molecule has 0 saturated heterocycles. The smallest absolute Gasteiger partial charge is 0.0797 e. The minimum atomic E-state index is 0.180. The molecular formula is C13H20N2S. The van der Waals surface area contributed by atoms with E-state index in [0.29, 0.717) is 0 Å². The summed E-state index contributed by atoms with van der Waals surface area (Å²) < 4.78 is 0. The molecular weight excluding hydrogens is 216 g/mol. The van der Waals surface area contributed by atoms with Gasteiger partial charge in [-0.3, -0.25) is 5.10 Å². The van der Waals surface area contributed by atoms with Gasteiger partial charge >= 0.3 is 0 Å². The SMILES string of the molecule is CC(C)(C)c1sc(C(C)(C)C)c2[nH]ncc12. The Balaban J connectivity index is 2.75. The van der Waals surface area contributed by atoms with Gasteiger partial charge in [-0.2, -0.15) is 5.10 Å². The van der Waals surface area contributed by atoms with Crippen LogP contribution < -0.4 is 0 Å². The summed E-state index contributed by atoms with van der Waals surface area (Å²) in [5.41, 5.74) is 1.59. The molecule has 1 N–H and O–H groups in total. The zero-order valence-corrected chi connectivity index (χ0v) is 11.7. The third kappa shape index (κ3) is 1.77. The molecule has 0 saturated carbocycles. The molecule has 88 valence electrons. The van der Waals surface area contributed by atoms with Gasteiger partial charge in [0.25, 0.3) is 0 Å². The van der Waals surface area contributed by atoms with E-state index in [-0.39, 0.29) is 10.8 Å². The summed E-state index contributed by atoms with van der Waals surface area (Å²) in [6.07, 6.45) is 1.96. The topological polar surface area (TPSA) is 28.7 Å². The maximum atomic E-state index is 4.19. The summed E-state index contributed by atoms with van der Waals surface area (Å²) in [5.74, 6) is 0. The van der Waals surface area contributed by atoms with Gasteiger partial charge in [0, 0.05) is 15.1 Å². The van der Waals surface area contributed by atoms with Gasteiger partial charge in [0.1, 0.15) is 0 Å². The lowest BCUT2D eigenvalue weighted by molar-refractivity contribution is 0.603. The molecule has 0 amide bonds. The van der Waals surface area contributed by atoms with E-state index in [1.54, 1.807) is 0 Å². The molecule has 0 bridgehead atoms. The zero-order valence-electron chi connectivity index (χ0n) is 10.9. The monoisotopic (exact) mass is 236 g/mol. The molecule has 3 heteroatoms. The lowest BCUT2D eigenvalue weighted by atomic mass is 9.91. The average molecular weight is 236 g/mol. The Labute approximate surface area is 101 Å². The molecule has 0 aromatic carbocycles. The van der Waals surface area contributed by atoms with Crippen LogP contribution in [-0.4, -0.2) is 10.2 Å². The number of fused-ring (bicyclic) bond motifs is 1. The lowest BCUT2D eigenvalue weighted by Crippen LogP contribution is -2.10. The molecule has 0 aliphatic rings. The second-order valence-corrected chi connectivity index (χ2v) is 7.44. The van der Waals surface area contributed by atoms with Crippen molar-refractivity contribution in [1.82, 2.24) is 10.2 Å². The van der Waals surface area contributed by atoms with Gasteiger partial charge in [-0.15, -0.1) is 11.3 Å². The molecule has 16 heavy (non-hydrogen) atoms. The molecule has 0 fully saturated rings. The maximum Gasteiger partial charge on any atom is 0.0797 e. The number of hydrogen-bond acceptors (Lipinski definition) is 2. The summed E-state index contributed by atoms with van der Waals surface area (Å²) in [6, 6.07) is 0. The Hall–Kier alpha value is -0.830. The van der Waals surface area contributed by atoms with Gasteiger partial charge in [0.2, 0.25) is 0 Å². The summed E-state index contributed by atoms with van der Waals surface area (Å²) in [5, 5.41) is 8.63. The van der Waals surface area contributed by atoms with Crippen LogP contribution in [0.15, 0.2) is 6.20 Å². The minimum absolute atomic E-state index is 0.180. The summed E-state index contributed by atoms with van der Waals surface area (Å²) in [4.78, 5) is 2.84. The van der Waals surface area contributed by atoms with Gasteiger partial charge in [0.05, 0.1) is 11.7 Å². The minimum Gasteiger partial charge on any atom is -0.277 e. The van der Waals surface area contributed by atoms with Gasteiger partial charge in [-0.1, -0.05) is 41.5 Å². The van der Waals surface area contributed by atoms with Crippen molar-refractivity contribution in [1.29, 1.82) is 0 Å². The second-order valence-electron chi connectivity index (χ2n) is 6.42. The Morgan fingerprint density at radius 1 is 1.00 bits per heavy atom. The Morgan fingerprint density at radius 2 is 1.56 bits per heavy atom. The number of rotatable bonds is 0. The highest BCUT2D eigenvalue weighted by molar-refractivity contribution is 7.14.